The number of nitrogens with zero attached hydrogens (tertiary/aromatic N) is 2. The fourth-order valence-electron chi connectivity index (χ4n) is 1.81. The molecule has 0 heterocycles. The number of aliphatic carboxylic acids is 1. The van der Waals surface area contributed by atoms with Crippen molar-refractivity contribution in [2.45, 2.75) is 26.3 Å². The summed E-state index contributed by atoms with van der Waals surface area (Å²) in [7, 11) is 1.97. The lowest BCUT2D eigenvalue weighted by Crippen LogP contribution is -2.20. The number of hydrogen-bond acceptors (Lipinski definition) is 3. The zero-order valence-electron chi connectivity index (χ0n) is 10.8. The molecule has 4 heteroatoms. The van der Waals surface area contributed by atoms with Gasteiger partial charge in [-0.3, -0.25) is 4.79 Å². The van der Waals surface area contributed by atoms with Gasteiger partial charge in [-0.25, -0.2) is 0 Å². The first-order valence-electron chi connectivity index (χ1n) is 5.93. The molecule has 0 aliphatic heterocycles. The highest BCUT2D eigenvalue weighted by atomic mass is 16.4. The summed E-state index contributed by atoms with van der Waals surface area (Å²) in [4.78, 5) is 12.5. The van der Waals surface area contributed by atoms with Crippen LogP contribution in [0, 0.1) is 18.3 Å². The minimum atomic E-state index is -0.752. The number of carboxylic acids is 1. The average molecular weight is 246 g/mol. The molecule has 0 saturated carbocycles. The van der Waals surface area contributed by atoms with Gasteiger partial charge in [0.2, 0.25) is 0 Å². The summed E-state index contributed by atoms with van der Waals surface area (Å²) in [6.45, 7) is 3.52. The number of carbonyl (C=O) groups is 1. The monoisotopic (exact) mass is 246 g/mol. The third-order valence-corrected chi connectivity index (χ3v) is 2.84. The molecule has 0 aliphatic rings. The lowest BCUT2D eigenvalue weighted by atomic mass is 10.1. The van der Waals surface area contributed by atoms with Crippen LogP contribution >= 0.6 is 0 Å². The van der Waals surface area contributed by atoms with E-state index in [1.54, 1.807) is 0 Å². The molecule has 0 spiro atoms. The van der Waals surface area contributed by atoms with E-state index in [4.69, 9.17) is 10.4 Å². The van der Waals surface area contributed by atoms with E-state index >= 15 is 0 Å². The van der Waals surface area contributed by atoms with Gasteiger partial charge in [-0.2, -0.15) is 5.26 Å². The Morgan fingerprint density at radius 3 is 2.78 bits per heavy atom. The molecule has 1 N–H and O–H groups in total. The van der Waals surface area contributed by atoms with Gasteiger partial charge in [0.15, 0.2) is 0 Å². The van der Waals surface area contributed by atoms with Crippen LogP contribution < -0.4 is 0 Å². The number of benzene rings is 1. The Labute approximate surface area is 107 Å². The van der Waals surface area contributed by atoms with Crippen LogP contribution in [-0.2, 0) is 11.3 Å². The van der Waals surface area contributed by atoms with Gasteiger partial charge in [0.05, 0.1) is 11.6 Å². The first-order valence-corrected chi connectivity index (χ1v) is 5.93. The maximum Gasteiger partial charge on any atom is 0.303 e. The van der Waals surface area contributed by atoms with E-state index in [1.165, 1.54) is 5.56 Å². The van der Waals surface area contributed by atoms with Gasteiger partial charge in [0.1, 0.15) is 0 Å². The number of nitriles is 1. The average Bonchev–Trinajstić information content (AvgIpc) is 2.31. The van der Waals surface area contributed by atoms with E-state index in [2.05, 4.69) is 11.0 Å². The van der Waals surface area contributed by atoms with E-state index in [9.17, 15) is 4.79 Å². The van der Waals surface area contributed by atoms with Crippen molar-refractivity contribution < 1.29 is 9.90 Å². The number of hydrogen-bond donors (Lipinski definition) is 1. The van der Waals surface area contributed by atoms with Crippen molar-refractivity contribution in [3.63, 3.8) is 0 Å². The van der Waals surface area contributed by atoms with Crippen LogP contribution in [0.3, 0.4) is 0 Å². The van der Waals surface area contributed by atoms with E-state index in [0.29, 0.717) is 12.0 Å². The lowest BCUT2D eigenvalue weighted by molar-refractivity contribution is -0.137. The first kappa shape index (κ1) is 14.2. The fourth-order valence-corrected chi connectivity index (χ4v) is 1.81. The maximum atomic E-state index is 10.4. The van der Waals surface area contributed by atoms with Gasteiger partial charge in [0.25, 0.3) is 0 Å². The molecule has 0 unspecified atom stereocenters. The second-order valence-corrected chi connectivity index (χ2v) is 4.49. The number of rotatable bonds is 6. The summed E-state index contributed by atoms with van der Waals surface area (Å²) in [6, 6.07) is 7.76. The molecule has 96 valence electrons. The van der Waals surface area contributed by atoms with Crippen LogP contribution in [0.1, 0.15) is 29.5 Å². The zero-order chi connectivity index (χ0) is 13.5. The molecule has 1 aromatic rings. The molecule has 1 aromatic carbocycles. The summed E-state index contributed by atoms with van der Waals surface area (Å²) < 4.78 is 0. The zero-order valence-corrected chi connectivity index (χ0v) is 10.8. The summed E-state index contributed by atoms with van der Waals surface area (Å²) in [5.41, 5.74) is 2.94. The molecule has 0 aliphatic carbocycles. The van der Waals surface area contributed by atoms with Crippen LogP contribution in [0.4, 0.5) is 0 Å². The Hall–Kier alpha value is -1.86. The fraction of sp³-hybridized carbons (Fsp3) is 0.429. The molecule has 4 nitrogen and oxygen atoms in total. The predicted octanol–water partition coefficient (Wildman–Crippen LogP) is 2.16. The SMILES string of the molecule is Cc1cc(C#N)ccc1CN(C)CCCC(=O)O. The van der Waals surface area contributed by atoms with Crippen LogP contribution in [0.25, 0.3) is 0 Å². The highest BCUT2D eigenvalue weighted by molar-refractivity contribution is 5.66. The topological polar surface area (TPSA) is 64.3 Å². The Morgan fingerprint density at radius 1 is 1.50 bits per heavy atom. The highest BCUT2D eigenvalue weighted by Crippen LogP contribution is 2.12. The molecule has 0 bridgehead atoms. The van der Waals surface area contributed by atoms with E-state index in [0.717, 1.165) is 18.7 Å². The van der Waals surface area contributed by atoms with Gasteiger partial charge < -0.3 is 10.0 Å². The van der Waals surface area contributed by atoms with Crippen molar-refractivity contribution in [2.24, 2.45) is 0 Å². The van der Waals surface area contributed by atoms with E-state index in [-0.39, 0.29) is 6.42 Å². The predicted molar refractivity (Wildman–Crippen MR) is 69.1 cm³/mol. The first-order chi connectivity index (χ1) is 8.52. The molecule has 0 saturated heterocycles. The molecule has 1 rings (SSSR count). The van der Waals surface area contributed by atoms with Crippen molar-refractivity contribution in [2.75, 3.05) is 13.6 Å². The van der Waals surface area contributed by atoms with Crippen molar-refractivity contribution in [1.82, 2.24) is 4.90 Å². The molecule has 0 aromatic heterocycles. The second-order valence-electron chi connectivity index (χ2n) is 4.49. The van der Waals surface area contributed by atoms with Crippen LogP contribution in [0.2, 0.25) is 0 Å². The van der Waals surface area contributed by atoms with Gasteiger partial charge in [-0.05, 0) is 50.2 Å². The van der Waals surface area contributed by atoms with Gasteiger partial charge in [0, 0.05) is 13.0 Å². The lowest BCUT2D eigenvalue weighted by Gasteiger charge is -2.17. The standard InChI is InChI=1S/C14H18N2O2/c1-11-8-12(9-15)5-6-13(11)10-16(2)7-3-4-14(17)18/h5-6,8H,3-4,7,10H2,1-2H3,(H,17,18). The summed E-state index contributed by atoms with van der Waals surface area (Å²) >= 11 is 0. The number of carboxylic acid groups (broad SMARTS) is 1. The molecule has 0 amide bonds. The van der Waals surface area contributed by atoms with Gasteiger partial charge in [-0.1, -0.05) is 6.07 Å². The molecule has 0 fully saturated rings. The summed E-state index contributed by atoms with van der Waals surface area (Å²) in [6.07, 6.45) is 0.859. The maximum absolute atomic E-state index is 10.4. The van der Waals surface area contributed by atoms with Crippen molar-refractivity contribution >= 4 is 5.97 Å². The van der Waals surface area contributed by atoms with Crippen molar-refractivity contribution in [3.8, 4) is 6.07 Å². The molecule has 0 radical (unpaired) electrons. The molecule has 18 heavy (non-hydrogen) atoms. The molecular formula is C14H18N2O2. The third kappa shape index (κ3) is 4.56. The second kappa shape index (κ2) is 6.77. The Kier molecular flexibility index (Phi) is 5.34. The van der Waals surface area contributed by atoms with Crippen LogP contribution in [0.15, 0.2) is 18.2 Å². The summed E-state index contributed by atoms with van der Waals surface area (Å²) in [5, 5.41) is 17.4. The van der Waals surface area contributed by atoms with Crippen LogP contribution in [0.5, 0.6) is 0 Å². The minimum absolute atomic E-state index is 0.205. The molecular weight excluding hydrogens is 228 g/mol. The van der Waals surface area contributed by atoms with Gasteiger partial charge in [-0.15, -0.1) is 0 Å². The van der Waals surface area contributed by atoms with E-state index in [1.807, 2.05) is 32.2 Å². The van der Waals surface area contributed by atoms with Gasteiger partial charge >= 0.3 is 5.97 Å². The Morgan fingerprint density at radius 2 is 2.22 bits per heavy atom. The Balaban J connectivity index is 2.52. The van der Waals surface area contributed by atoms with Crippen LogP contribution in [-0.4, -0.2) is 29.6 Å². The summed E-state index contributed by atoms with van der Waals surface area (Å²) in [5.74, 6) is -0.752. The smallest absolute Gasteiger partial charge is 0.303 e. The largest absolute Gasteiger partial charge is 0.481 e. The van der Waals surface area contributed by atoms with Crippen molar-refractivity contribution in [1.29, 1.82) is 5.26 Å². The normalized spacial score (nSPS) is 10.3. The minimum Gasteiger partial charge on any atom is -0.481 e. The number of aryl methyl sites for hydroxylation is 1. The molecule has 0 atom stereocenters. The quantitative estimate of drug-likeness (QED) is 0.835. The Bertz CT molecular complexity index is 463. The van der Waals surface area contributed by atoms with Crippen molar-refractivity contribution in [3.05, 3.63) is 34.9 Å². The van der Waals surface area contributed by atoms with E-state index < -0.39 is 5.97 Å². The highest BCUT2D eigenvalue weighted by Gasteiger charge is 2.05. The third-order valence-electron chi connectivity index (χ3n) is 2.84.